The number of piperidine rings is 1. The highest BCUT2D eigenvalue weighted by Crippen LogP contribution is 2.15. The predicted molar refractivity (Wildman–Crippen MR) is 81.8 cm³/mol. The first-order valence-electron chi connectivity index (χ1n) is 8.12. The topological polar surface area (TPSA) is 47.6 Å². The molecule has 0 aliphatic carbocycles. The van der Waals surface area contributed by atoms with Crippen LogP contribution < -0.4 is 10.6 Å². The summed E-state index contributed by atoms with van der Waals surface area (Å²) in [4.78, 5) is 16.6. The third-order valence-electron chi connectivity index (χ3n) is 4.52. The Morgan fingerprint density at radius 2 is 2.10 bits per heavy atom. The number of carbonyl (C=O) groups excluding carboxylic acids is 1. The molecule has 0 spiro atoms. The number of likely N-dealkylation sites (N-methyl/N-ethyl adjacent to an activating group) is 1. The molecule has 0 aromatic heterocycles. The van der Waals surface area contributed by atoms with Gasteiger partial charge in [0.05, 0.1) is 0 Å². The average molecular weight is 282 g/mol. The van der Waals surface area contributed by atoms with E-state index in [0.717, 1.165) is 58.8 Å². The number of hydrogen-bond acceptors (Lipinski definition) is 4. The summed E-state index contributed by atoms with van der Waals surface area (Å²) in [5, 5.41) is 6.47. The van der Waals surface area contributed by atoms with Gasteiger partial charge in [-0.15, -0.1) is 0 Å². The molecule has 0 aromatic rings. The minimum atomic E-state index is 0.227. The summed E-state index contributed by atoms with van der Waals surface area (Å²) in [5.74, 6) is 0.928. The molecule has 2 fully saturated rings. The molecule has 5 nitrogen and oxygen atoms in total. The number of piperazine rings is 1. The van der Waals surface area contributed by atoms with Crippen molar-refractivity contribution in [3.8, 4) is 0 Å². The van der Waals surface area contributed by atoms with Crippen molar-refractivity contribution in [2.24, 2.45) is 5.92 Å². The Morgan fingerprint density at radius 3 is 2.80 bits per heavy atom. The van der Waals surface area contributed by atoms with Crippen LogP contribution in [0.5, 0.6) is 0 Å². The molecule has 0 saturated carbocycles. The summed E-state index contributed by atoms with van der Waals surface area (Å²) in [7, 11) is 2.17. The van der Waals surface area contributed by atoms with Gasteiger partial charge in [0.2, 0.25) is 5.91 Å². The SMILES string of the molecule is CN1CCN(CCNC(=O)CCC2CCCNC2)CC1. The Morgan fingerprint density at radius 1 is 1.30 bits per heavy atom. The van der Waals surface area contributed by atoms with E-state index in [2.05, 4.69) is 27.5 Å². The molecular weight excluding hydrogens is 252 g/mol. The molecular formula is C15H30N4O. The molecule has 2 saturated heterocycles. The van der Waals surface area contributed by atoms with Crippen molar-refractivity contribution in [1.29, 1.82) is 0 Å². The Kier molecular flexibility index (Phi) is 6.76. The van der Waals surface area contributed by atoms with E-state index in [1.54, 1.807) is 0 Å². The molecule has 2 aliphatic rings. The second kappa shape index (κ2) is 8.60. The lowest BCUT2D eigenvalue weighted by molar-refractivity contribution is -0.121. The van der Waals surface area contributed by atoms with Gasteiger partial charge < -0.3 is 15.5 Å². The molecule has 2 heterocycles. The van der Waals surface area contributed by atoms with Gasteiger partial charge in [-0.3, -0.25) is 9.69 Å². The predicted octanol–water partition coefficient (Wildman–Crippen LogP) is 0.130. The van der Waals surface area contributed by atoms with Gasteiger partial charge in [0.15, 0.2) is 0 Å². The van der Waals surface area contributed by atoms with Crippen LogP contribution in [0, 0.1) is 5.92 Å². The Balaban J connectivity index is 1.49. The Bertz CT molecular complexity index is 284. The standard InChI is InChI=1S/C15H30N4O/c1-18-9-11-19(12-10-18)8-7-17-15(20)5-4-14-3-2-6-16-13-14/h14,16H,2-13H2,1H3,(H,17,20). The van der Waals surface area contributed by atoms with E-state index in [1.807, 2.05) is 0 Å². The fourth-order valence-corrected chi connectivity index (χ4v) is 3.02. The van der Waals surface area contributed by atoms with Gasteiger partial charge in [-0.1, -0.05) is 0 Å². The van der Waals surface area contributed by atoms with Gasteiger partial charge >= 0.3 is 0 Å². The summed E-state index contributed by atoms with van der Waals surface area (Å²) < 4.78 is 0. The highest BCUT2D eigenvalue weighted by atomic mass is 16.1. The molecule has 1 atom stereocenters. The molecule has 5 heteroatoms. The highest BCUT2D eigenvalue weighted by Gasteiger charge is 2.15. The molecule has 1 unspecified atom stereocenters. The highest BCUT2D eigenvalue weighted by molar-refractivity contribution is 5.75. The summed E-state index contributed by atoms with van der Waals surface area (Å²) >= 11 is 0. The number of hydrogen-bond donors (Lipinski definition) is 2. The quantitative estimate of drug-likeness (QED) is 0.727. The van der Waals surface area contributed by atoms with Crippen molar-refractivity contribution in [1.82, 2.24) is 20.4 Å². The molecule has 2 aliphatic heterocycles. The van der Waals surface area contributed by atoms with Crippen LogP contribution in [0.3, 0.4) is 0 Å². The van der Waals surface area contributed by atoms with Gasteiger partial charge in [-0.25, -0.2) is 0 Å². The smallest absolute Gasteiger partial charge is 0.220 e. The first-order valence-corrected chi connectivity index (χ1v) is 8.12. The molecule has 2 N–H and O–H groups in total. The Hall–Kier alpha value is -0.650. The number of nitrogens with one attached hydrogen (secondary N) is 2. The fraction of sp³-hybridized carbons (Fsp3) is 0.933. The lowest BCUT2D eigenvalue weighted by Gasteiger charge is -2.32. The number of rotatable bonds is 6. The van der Waals surface area contributed by atoms with E-state index in [0.29, 0.717) is 12.3 Å². The monoisotopic (exact) mass is 282 g/mol. The average Bonchev–Trinajstić information content (AvgIpc) is 2.48. The van der Waals surface area contributed by atoms with E-state index >= 15 is 0 Å². The maximum Gasteiger partial charge on any atom is 0.220 e. The van der Waals surface area contributed by atoms with Crippen LogP contribution in [0.2, 0.25) is 0 Å². The normalized spacial score (nSPS) is 25.6. The molecule has 0 radical (unpaired) electrons. The first kappa shape index (κ1) is 15.7. The van der Waals surface area contributed by atoms with E-state index in [1.165, 1.54) is 12.8 Å². The lowest BCUT2D eigenvalue weighted by Crippen LogP contribution is -2.46. The van der Waals surface area contributed by atoms with Crippen molar-refractivity contribution < 1.29 is 4.79 Å². The van der Waals surface area contributed by atoms with Crippen LogP contribution in [0.15, 0.2) is 0 Å². The van der Waals surface area contributed by atoms with E-state index < -0.39 is 0 Å². The zero-order chi connectivity index (χ0) is 14.2. The van der Waals surface area contributed by atoms with Crippen LogP contribution >= 0.6 is 0 Å². The van der Waals surface area contributed by atoms with Crippen molar-refractivity contribution in [3.63, 3.8) is 0 Å². The molecule has 2 rings (SSSR count). The van der Waals surface area contributed by atoms with Gasteiger partial charge in [-0.2, -0.15) is 0 Å². The zero-order valence-corrected chi connectivity index (χ0v) is 12.9. The second-order valence-electron chi connectivity index (χ2n) is 6.25. The van der Waals surface area contributed by atoms with Crippen LogP contribution in [-0.2, 0) is 4.79 Å². The van der Waals surface area contributed by atoms with Crippen molar-refractivity contribution >= 4 is 5.91 Å². The summed E-state index contributed by atoms with van der Waals surface area (Å²) in [5.41, 5.74) is 0. The summed E-state index contributed by atoms with van der Waals surface area (Å²) in [6.07, 6.45) is 4.26. The van der Waals surface area contributed by atoms with Crippen LogP contribution in [0.1, 0.15) is 25.7 Å². The van der Waals surface area contributed by atoms with Crippen molar-refractivity contribution in [2.45, 2.75) is 25.7 Å². The van der Waals surface area contributed by atoms with Crippen molar-refractivity contribution in [2.75, 3.05) is 59.4 Å². The fourth-order valence-electron chi connectivity index (χ4n) is 3.02. The molecule has 0 bridgehead atoms. The van der Waals surface area contributed by atoms with E-state index in [4.69, 9.17) is 0 Å². The molecule has 20 heavy (non-hydrogen) atoms. The van der Waals surface area contributed by atoms with Gasteiger partial charge in [0.1, 0.15) is 0 Å². The zero-order valence-electron chi connectivity index (χ0n) is 12.9. The number of carbonyl (C=O) groups is 1. The first-order chi connectivity index (χ1) is 9.74. The van der Waals surface area contributed by atoms with Crippen LogP contribution in [-0.4, -0.2) is 75.1 Å². The van der Waals surface area contributed by atoms with Gasteiger partial charge in [0, 0.05) is 45.7 Å². The van der Waals surface area contributed by atoms with Crippen molar-refractivity contribution in [3.05, 3.63) is 0 Å². The third kappa shape index (κ3) is 5.77. The molecule has 0 aromatic carbocycles. The molecule has 1 amide bonds. The largest absolute Gasteiger partial charge is 0.355 e. The Labute approximate surface area is 123 Å². The maximum absolute atomic E-state index is 11.8. The van der Waals surface area contributed by atoms with E-state index in [-0.39, 0.29) is 5.91 Å². The van der Waals surface area contributed by atoms with E-state index in [9.17, 15) is 4.79 Å². The van der Waals surface area contributed by atoms with Crippen LogP contribution in [0.4, 0.5) is 0 Å². The number of amides is 1. The summed E-state index contributed by atoms with van der Waals surface area (Å²) in [6, 6.07) is 0. The van der Waals surface area contributed by atoms with Gasteiger partial charge in [0.25, 0.3) is 0 Å². The third-order valence-corrected chi connectivity index (χ3v) is 4.52. The van der Waals surface area contributed by atoms with Gasteiger partial charge in [-0.05, 0) is 45.3 Å². The molecule has 116 valence electrons. The summed E-state index contributed by atoms with van der Waals surface area (Å²) in [6.45, 7) is 8.56. The number of nitrogens with zero attached hydrogens (tertiary/aromatic N) is 2. The minimum absolute atomic E-state index is 0.227. The minimum Gasteiger partial charge on any atom is -0.355 e. The maximum atomic E-state index is 11.8. The van der Waals surface area contributed by atoms with Crippen LogP contribution in [0.25, 0.3) is 0 Å². The lowest BCUT2D eigenvalue weighted by atomic mass is 9.94. The second-order valence-corrected chi connectivity index (χ2v) is 6.25.